The van der Waals surface area contributed by atoms with Crippen molar-refractivity contribution < 1.29 is 4.79 Å². The van der Waals surface area contributed by atoms with E-state index in [-0.39, 0.29) is 5.91 Å². The largest absolute Gasteiger partial charge is 0.340 e. The second-order valence-corrected chi connectivity index (χ2v) is 5.80. The molecular formula is C13H21N5O. The maximum atomic E-state index is 12.3. The summed E-state index contributed by atoms with van der Waals surface area (Å²) >= 11 is 0. The molecule has 1 atom stereocenters. The molecule has 1 aromatic heterocycles. The molecule has 1 aromatic rings. The van der Waals surface area contributed by atoms with Crippen LogP contribution in [0, 0.1) is 5.41 Å². The summed E-state index contributed by atoms with van der Waals surface area (Å²) in [5, 5.41) is 11.1. The number of amides is 1. The number of piperidine rings is 2. The van der Waals surface area contributed by atoms with Gasteiger partial charge in [0.15, 0.2) is 0 Å². The van der Waals surface area contributed by atoms with E-state index in [4.69, 9.17) is 0 Å². The lowest BCUT2D eigenvalue weighted by Gasteiger charge is -2.45. The van der Waals surface area contributed by atoms with Crippen LogP contribution in [-0.4, -0.2) is 52.0 Å². The Balaban J connectivity index is 1.62. The lowest BCUT2D eigenvalue weighted by molar-refractivity contribution is -0.136. The first-order valence-electron chi connectivity index (χ1n) is 7.10. The summed E-state index contributed by atoms with van der Waals surface area (Å²) in [6, 6.07) is 0. The molecule has 1 spiro atoms. The van der Waals surface area contributed by atoms with Gasteiger partial charge in [0.1, 0.15) is 6.54 Å². The Labute approximate surface area is 113 Å². The highest BCUT2D eigenvalue weighted by atomic mass is 16.2. The van der Waals surface area contributed by atoms with Crippen molar-refractivity contribution >= 4 is 5.91 Å². The molecule has 2 aliphatic rings. The summed E-state index contributed by atoms with van der Waals surface area (Å²) in [6.07, 6.45) is 8.17. The first-order chi connectivity index (χ1) is 9.27. The fourth-order valence-electron chi connectivity index (χ4n) is 3.36. The van der Waals surface area contributed by atoms with E-state index in [9.17, 15) is 4.79 Å². The lowest BCUT2D eigenvalue weighted by Crippen LogP contribution is -2.53. The molecule has 104 valence electrons. The first kappa shape index (κ1) is 12.6. The molecule has 0 aromatic carbocycles. The van der Waals surface area contributed by atoms with E-state index in [0.717, 1.165) is 32.6 Å². The molecule has 1 amide bonds. The predicted molar refractivity (Wildman–Crippen MR) is 70.4 cm³/mol. The minimum Gasteiger partial charge on any atom is -0.340 e. The minimum atomic E-state index is 0.162. The van der Waals surface area contributed by atoms with Crippen LogP contribution in [0.15, 0.2) is 12.4 Å². The quantitative estimate of drug-likeness (QED) is 0.832. The topological polar surface area (TPSA) is 63.1 Å². The third-order valence-electron chi connectivity index (χ3n) is 4.34. The van der Waals surface area contributed by atoms with Crippen molar-refractivity contribution in [1.82, 2.24) is 25.2 Å². The van der Waals surface area contributed by atoms with Gasteiger partial charge < -0.3 is 10.2 Å². The highest BCUT2D eigenvalue weighted by molar-refractivity contribution is 5.76. The Hall–Kier alpha value is -1.43. The number of carbonyl (C=O) groups is 1. The van der Waals surface area contributed by atoms with Crippen LogP contribution in [0.2, 0.25) is 0 Å². The van der Waals surface area contributed by atoms with Gasteiger partial charge in [-0.3, -0.25) is 4.79 Å². The summed E-state index contributed by atoms with van der Waals surface area (Å²) in [5.41, 5.74) is 0.314. The Morgan fingerprint density at radius 3 is 3.00 bits per heavy atom. The monoisotopic (exact) mass is 263 g/mol. The Morgan fingerprint density at radius 1 is 1.37 bits per heavy atom. The van der Waals surface area contributed by atoms with Gasteiger partial charge in [-0.25, -0.2) is 4.68 Å². The van der Waals surface area contributed by atoms with Crippen LogP contribution < -0.4 is 5.32 Å². The predicted octanol–water partition coefficient (Wildman–Crippen LogP) is 0.270. The van der Waals surface area contributed by atoms with E-state index in [1.54, 1.807) is 17.1 Å². The van der Waals surface area contributed by atoms with Crippen LogP contribution in [0.3, 0.4) is 0 Å². The molecule has 1 N–H and O–H groups in total. The highest BCUT2D eigenvalue weighted by Gasteiger charge is 2.37. The van der Waals surface area contributed by atoms with Crippen LogP contribution in [0.5, 0.6) is 0 Å². The third-order valence-corrected chi connectivity index (χ3v) is 4.34. The van der Waals surface area contributed by atoms with Crippen molar-refractivity contribution in [2.75, 3.05) is 26.2 Å². The molecule has 2 saturated heterocycles. The Morgan fingerprint density at radius 2 is 2.26 bits per heavy atom. The molecule has 0 aliphatic carbocycles. The summed E-state index contributed by atoms with van der Waals surface area (Å²) in [5.74, 6) is 0.162. The molecule has 2 aliphatic heterocycles. The summed E-state index contributed by atoms with van der Waals surface area (Å²) in [6.45, 7) is 4.26. The van der Waals surface area contributed by atoms with E-state index in [1.807, 2.05) is 4.90 Å². The van der Waals surface area contributed by atoms with Crippen molar-refractivity contribution in [3.05, 3.63) is 12.4 Å². The lowest BCUT2D eigenvalue weighted by atomic mass is 9.74. The van der Waals surface area contributed by atoms with Crippen molar-refractivity contribution in [2.45, 2.75) is 32.2 Å². The fourth-order valence-corrected chi connectivity index (χ4v) is 3.36. The van der Waals surface area contributed by atoms with E-state index >= 15 is 0 Å². The molecule has 3 rings (SSSR count). The molecule has 3 heterocycles. The van der Waals surface area contributed by atoms with E-state index in [1.165, 1.54) is 19.3 Å². The fraction of sp³-hybridized carbons (Fsp3) is 0.769. The summed E-state index contributed by atoms with van der Waals surface area (Å²) in [4.78, 5) is 14.3. The number of nitrogens with one attached hydrogen (secondary N) is 1. The van der Waals surface area contributed by atoms with Gasteiger partial charge in [0, 0.05) is 31.2 Å². The van der Waals surface area contributed by atoms with Crippen molar-refractivity contribution in [1.29, 1.82) is 0 Å². The maximum absolute atomic E-state index is 12.3. The smallest absolute Gasteiger partial charge is 0.244 e. The second-order valence-electron chi connectivity index (χ2n) is 5.80. The Kier molecular flexibility index (Phi) is 3.50. The van der Waals surface area contributed by atoms with Crippen LogP contribution >= 0.6 is 0 Å². The number of nitrogens with zero attached hydrogens (tertiary/aromatic N) is 4. The first-order valence-corrected chi connectivity index (χ1v) is 7.10. The zero-order valence-electron chi connectivity index (χ0n) is 11.2. The summed E-state index contributed by atoms with van der Waals surface area (Å²) in [7, 11) is 0. The zero-order valence-corrected chi connectivity index (χ0v) is 11.2. The highest BCUT2D eigenvalue weighted by Crippen LogP contribution is 2.35. The molecule has 0 radical (unpaired) electrons. The Bertz CT molecular complexity index is 419. The number of carbonyl (C=O) groups excluding carboxylic acids is 1. The molecule has 0 saturated carbocycles. The van der Waals surface area contributed by atoms with Gasteiger partial charge in [0.25, 0.3) is 0 Å². The number of hydrogen-bond acceptors (Lipinski definition) is 4. The molecule has 19 heavy (non-hydrogen) atoms. The average Bonchev–Trinajstić information content (AvgIpc) is 2.92. The van der Waals surface area contributed by atoms with Crippen LogP contribution in [-0.2, 0) is 11.3 Å². The molecular weight excluding hydrogens is 242 g/mol. The van der Waals surface area contributed by atoms with Gasteiger partial charge in [0.2, 0.25) is 5.91 Å². The normalized spacial score (nSPS) is 27.7. The number of aromatic nitrogens is 3. The number of likely N-dealkylation sites (tertiary alicyclic amines) is 1. The SMILES string of the molecule is O=C(Cn1ccnn1)N1CCCC2(CCCNC2)C1. The zero-order chi connectivity index (χ0) is 13.1. The van der Waals surface area contributed by atoms with Crippen molar-refractivity contribution in [3.8, 4) is 0 Å². The van der Waals surface area contributed by atoms with Crippen LogP contribution in [0.25, 0.3) is 0 Å². The van der Waals surface area contributed by atoms with Crippen molar-refractivity contribution in [3.63, 3.8) is 0 Å². The summed E-state index contributed by atoms with van der Waals surface area (Å²) < 4.78 is 1.60. The van der Waals surface area contributed by atoms with Crippen LogP contribution in [0.4, 0.5) is 0 Å². The van der Waals surface area contributed by atoms with Gasteiger partial charge >= 0.3 is 0 Å². The van der Waals surface area contributed by atoms with Gasteiger partial charge in [-0.2, -0.15) is 0 Å². The van der Waals surface area contributed by atoms with Crippen molar-refractivity contribution in [2.24, 2.45) is 5.41 Å². The number of rotatable bonds is 2. The molecule has 6 heteroatoms. The van der Waals surface area contributed by atoms with Crippen LogP contribution in [0.1, 0.15) is 25.7 Å². The van der Waals surface area contributed by atoms with Gasteiger partial charge in [-0.05, 0) is 32.2 Å². The van der Waals surface area contributed by atoms with Gasteiger partial charge in [-0.15, -0.1) is 5.10 Å². The molecule has 0 bridgehead atoms. The van der Waals surface area contributed by atoms with E-state index < -0.39 is 0 Å². The van der Waals surface area contributed by atoms with Gasteiger partial charge in [0.05, 0.1) is 6.20 Å². The standard InChI is InChI=1S/C13H21N5O/c19-12(9-18-8-6-15-16-18)17-7-2-4-13(11-17)3-1-5-14-10-13/h6,8,14H,1-5,7,9-11H2. The molecule has 1 unspecified atom stereocenters. The number of hydrogen-bond donors (Lipinski definition) is 1. The third kappa shape index (κ3) is 2.78. The van der Waals surface area contributed by atoms with E-state index in [0.29, 0.717) is 12.0 Å². The average molecular weight is 263 g/mol. The molecule has 2 fully saturated rings. The van der Waals surface area contributed by atoms with Gasteiger partial charge in [-0.1, -0.05) is 5.21 Å². The van der Waals surface area contributed by atoms with E-state index in [2.05, 4.69) is 15.6 Å². The molecule has 6 nitrogen and oxygen atoms in total. The second kappa shape index (κ2) is 5.28. The minimum absolute atomic E-state index is 0.162. The maximum Gasteiger partial charge on any atom is 0.244 e.